The number of aromatic nitrogens is 1. The number of hydrogen-bond acceptors (Lipinski definition) is 6. The van der Waals surface area contributed by atoms with Crippen LogP contribution in [0, 0.1) is 6.92 Å². The SMILES string of the molecule is Cc1cc(COc2ccc(C(=O)NC[C@@](O)(C(N)=O)N3CCCCCC3)cc2)ccn1. The molecule has 0 bridgehead atoms. The van der Waals surface area contributed by atoms with Gasteiger partial charge in [0.1, 0.15) is 12.4 Å². The molecule has 3 rings (SSSR count). The number of carbonyl (C=O) groups is 2. The van der Waals surface area contributed by atoms with E-state index in [0.29, 0.717) is 31.0 Å². The fourth-order valence-electron chi connectivity index (χ4n) is 3.66. The van der Waals surface area contributed by atoms with Gasteiger partial charge < -0.3 is 20.9 Å². The molecule has 2 aromatic rings. The minimum atomic E-state index is -1.90. The molecule has 1 saturated heterocycles. The molecule has 1 fully saturated rings. The number of nitrogens with one attached hydrogen (secondary N) is 1. The largest absolute Gasteiger partial charge is 0.489 e. The molecule has 0 radical (unpaired) electrons. The summed E-state index contributed by atoms with van der Waals surface area (Å²) in [5.41, 5.74) is 5.92. The third-order valence-corrected chi connectivity index (χ3v) is 5.50. The molecule has 8 nitrogen and oxygen atoms in total. The van der Waals surface area contributed by atoms with E-state index < -0.39 is 17.5 Å². The fraction of sp³-hybridized carbons (Fsp3) is 0.435. The summed E-state index contributed by atoms with van der Waals surface area (Å²) in [6.45, 7) is 3.19. The Kier molecular flexibility index (Phi) is 7.59. The zero-order valence-electron chi connectivity index (χ0n) is 17.8. The molecule has 1 aliphatic heterocycles. The van der Waals surface area contributed by atoms with Crippen LogP contribution >= 0.6 is 0 Å². The number of benzene rings is 1. The Hall–Kier alpha value is -2.97. The van der Waals surface area contributed by atoms with Crippen molar-refractivity contribution in [2.24, 2.45) is 5.73 Å². The molecule has 8 heteroatoms. The Morgan fingerprint density at radius 2 is 1.84 bits per heavy atom. The van der Waals surface area contributed by atoms with Gasteiger partial charge in [0, 0.05) is 30.5 Å². The lowest BCUT2D eigenvalue weighted by molar-refractivity contribution is -0.159. The summed E-state index contributed by atoms with van der Waals surface area (Å²) in [4.78, 5) is 30.4. The third-order valence-electron chi connectivity index (χ3n) is 5.50. The zero-order chi connectivity index (χ0) is 22.3. The Morgan fingerprint density at radius 3 is 2.45 bits per heavy atom. The summed E-state index contributed by atoms with van der Waals surface area (Å²) in [5.74, 6) is -0.625. The first kappa shape index (κ1) is 22.7. The molecular weight excluding hydrogens is 396 g/mol. The van der Waals surface area contributed by atoms with Crippen molar-refractivity contribution in [3.05, 3.63) is 59.4 Å². The van der Waals surface area contributed by atoms with Crippen LogP contribution in [0.2, 0.25) is 0 Å². The fourth-order valence-corrected chi connectivity index (χ4v) is 3.66. The Labute approximate surface area is 182 Å². The molecule has 1 aromatic heterocycles. The molecule has 2 heterocycles. The van der Waals surface area contributed by atoms with Gasteiger partial charge in [0.05, 0.1) is 6.54 Å². The summed E-state index contributed by atoms with van der Waals surface area (Å²) < 4.78 is 5.75. The van der Waals surface area contributed by atoms with Gasteiger partial charge in [-0.15, -0.1) is 0 Å². The van der Waals surface area contributed by atoms with E-state index in [0.717, 1.165) is 36.9 Å². The van der Waals surface area contributed by atoms with Gasteiger partial charge in [0.15, 0.2) is 0 Å². The molecule has 1 aliphatic rings. The number of carbonyl (C=O) groups excluding carboxylic acids is 2. The summed E-state index contributed by atoms with van der Waals surface area (Å²) in [6, 6.07) is 10.5. The van der Waals surface area contributed by atoms with Gasteiger partial charge in [0.25, 0.3) is 11.8 Å². The van der Waals surface area contributed by atoms with Crippen molar-refractivity contribution < 1.29 is 19.4 Å². The first-order chi connectivity index (χ1) is 14.9. The highest BCUT2D eigenvalue weighted by Crippen LogP contribution is 2.19. The van der Waals surface area contributed by atoms with E-state index in [-0.39, 0.29) is 6.54 Å². The molecule has 0 aliphatic carbocycles. The lowest BCUT2D eigenvalue weighted by Crippen LogP contribution is -2.63. The molecule has 166 valence electrons. The van der Waals surface area contributed by atoms with Crippen LogP contribution in [0.4, 0.5) is 0 Å². The van der Waals surface area contributed by atoms with Crippen molar-refractivity contribution in [2.75, 3.05) is 19.6 Å². The number of rotatable bonds is 8. The second-order valence-corrected chi connectivity index (χ2v) is 7.88. The van der Waals surface area contributed by atoms with Crippen LogP contribution < -0.4 is 15.8 Å². The molecular formula is C23H30N4O4. The number of primary amides is 1. The van der Waals surface area contributed by atoms with E-state index in [1.165, 1.54) is 0 Å². The van der Waals surface area contributed by atoms with Gasteiger partial charge in [-0.2, -0.15) is 0 Å². The minimum absolute atomic E-state index is 0.263. The highest BCUT2D eigenvalue weighted by atomic mass is 16.5. The Morgan fingerprint density at radius 1 is 1.16 bits per heavy atom. The first-order valence-electron chi connectivity index (χ1n) is 10.6. The van der Waals surface area contributed by atoms with E-state index in [1.807, 2.05) is 19.1 Å². The predicted molar refractivity (Wildman–Crippen MR) is 116 cm³/mol. The van der Waals surface area contributed by atoms with Crippen molar-refractivity contribution in [3.63, 3.8) is 0 Å². The number of ether oxygens (including phenoxy) is 1. The summed E-state index contributed by atoms with van der Waals surface area (Å²) in [5, 5.41) is 13.5. The highest BCUT2D eigenvalue weighted by Gasteiger charge is 2.41. The Balaban J connectivity index is 1.57. The third kappa shape index (κ3) is 6.02. The van der Waals surface area contributed by atoms with Crippen molar-refractivity contribution >= 4 is 11.8 Å². The molecule has 1 atom stereocenters. The molecule has 4 N–H and O–H groups in total. The summed E-state index contributed by atoms with van der Waals surface area (Å²) >= 11 is 0. The van der Waals surface area contributed by atoms with E-state index in [2.05, 4.69) is 10.3 Å². The standard InChI is InChI=1S/C23H30N4O4/c1-17-14-18(10-11-25-17)15-31-20-8-6-19(7-9-20)21(28)26-16-23(30,22(24)29)27-12-4-2-3-5-13-27/h6-11,14,30H,2-5,12-13,15-16H2,1H3,(H2,24,29)(H,26,28)/t23-/m1/s1. The van der Waals surface area contributed by atoms with Crippen LogP contribution in [0.5, 0.6) is 5.75 Å². The average molecular weight is 427 g/mol. The van der Waals surface area contributed by atoms with Crippen LogP contribution in [0.25, 0.3) is 0 Å². The van der Waals surface area contributed by atoms with Gasteiger partial charge in [0.2, 0.25) is 5.72 Å². The number of likely N-dealkylation sites (tertiary alicyclic amines) is 1. The monoisotopic (exact) mass is 426 g/mol. The van der Waals surface area contributed by atoms with E-state index in [9.17, 15) is 14.7 Å². The molecule has 2 amide bonds. The van der Waals surface area contributed by atoms with Gasteiger partial charge in [-0.3, -0.25) is 19.5 Å². The van der Waals surface area contributed by atoms with Crippen molar-refractivity contribution in [1.82, 2.24) is 15.2 Å². The maximum atomic E-state index is 12.6. The van der Waals surface area contributed by atoms with Crippen LogP contribution in [-0.2, 0) is 11.4 Å². The predicted octanol–water partition coefficient (Wildman–Crippen LogP) is 1.75. The van der Waals surface area contributed by atoms with Crippen molar-refractivity contribution in [1.29, 1.82) is 0 Å². The van der Waals surface area contributed by atoms with Crippen LogP contribution in [0.3, 0.4) is 0 Å². The van der Waals surface area contributed by atoms with Crippen molar-refractivity contribution in [3.8, 4) is 5.75 Å². The number of aliphatic hydroxyl groups is 1. The van der Waals surface area contributed by atoms with E-state index in [1.54, 1.807) is 35.4 Å². The average Bonchev–Trinajstić information content (AvgIpc) is 3.06. The number of aryl methyl sites for hydroxylation is 1. The molecule has 0 spiro atoms. The van der Waals surface area contributed by atoms with Gasteiger partial charge >= 0.3 is 0 Å². The normalized spacial score (nSPS) is 16.7. The van der Waals surface area contributed by atoms with E-state index >= 15 is 0 Å². The zero-order valence-corrected chi connectivity index (χ0v) is 17.8. The van der Waals surface area contributed by atoms with Gasteiger partial charge in [-0.1, -0.05) is 12.8 Å². The number of hydrogen-bond donors (Lipinski definition) is 3. The molecule has 0 saturated carbocycles. The number of nitrogens with two attached hydrogens (primary N) is 1. The number of amides is 2. The molecule has 1 aromatic carbocycles. The second-order valence-electron chi connectivity index (χ2n) is 7.88. The van der Waals surface area contributed by atoms with E-state index in [4.69, 9.17) is 10.5 Å². The Bertz CT molecular complexity index is 895. The maximum absolute atomic E-state index is 12.6. The van der Waals surface area contributed by atoms with Crippen LogP contribution in [-0.4, -0.2) is 52.2 Å². The quantitative estimate of drug-likeness (QED) is 0.592. The second kappa shape index (κ2) is 10.4. The van der Waals surface area contributed by atoms with Gasteiger partial charge in [-0.25, -0.2) is 0 Å². The maximum Gasteiger partial charge on any atom is 0.266 e. The first-order valence-corrected chi connectivity index (χ1v) is 10.6. The molecule has 0 unspecified atom stereocenters. The lowest BCUT2D eigenvalue weighted by Gasteiger charge is -2.36. The van der Waals surface area contributed by atoms with Crippen LogP contribution in [0.1, 0.15) is 47.3 Å². The number of pyridine rings is 1. The minimum Gasteiger partial charge on any atom is -0.489 e. The summed E-state index contributed by atoms with van der Waals surface area (Å²) in [7, 11) is 0. The topological polar surface area (TPSA) is 118 Å². The molecule has 31 heavy (non-hydrogen) atoms. The smallest absolute Gasteiger partial charge is 0.266 e. The lowest BCUT2D eigenvalue weighted by atomic mass is 10.1. The van der Waals surface area contributed by atoms with Crippen LogP contribution in [0.15, 0.2) is 42.6 Å². The summed E-state index contributed by atoms with van der Waals surface area (Å²) in [6.07, 6.45) is 5.59. The van der Waals surface area contributed by atoms with Crippen molar-refractivity contribution in [2.45, 2.75) is 44.9 Å². The highest BCUT2D eigenvalue weighted by molar-refractivity contribution is 5.95. The number of nitrogens with zero attached hydrogens (tertiary/aromatic N) is 2. The van der Waals surface area contributed by atoms with Gasteiger partial charge in [-0.05, 0) is 61.7 Å².